The molecule has 4 fully saturated rings. The van der Waals surface area contributed by atoms with Crippen molar-refractivity contribution in [3.05, 3.63) is 60.2 Å². The first-order valence-corrected chi connectivity index (χ1v) is 10.8. The van der Waals surface area contributed by atoms with Crippen LogP contribution in [0.25, 0.3) is 5.52 Å². The Hall–Kier alpha value is -2.89. The van der Waals surface area contributed by atoms with Crippen LogP contribution in [0.1, 0.15) is 49.0 Å². The summed E-state index contributed by atoms with van der Waals surface area (Å²) >= 11 is 0. The summed E-state index contributed by atoms with van der Waals surface area (Å²) in [5.74, 6) is 1.69. The minimum atomic E-state index is -0.468. The maximum absolute atomic E-state index is 14.1. The Morgan fingerprint density at radius 1 is 1.03 bits per heavy atom. The normalized spacial score (nSPS) is 29.3. The molecule has 0 atom stereocenters. The van der Waals surface area contributed by atoms with Crippen LogP contribution in [0, 0.1) is 23.6 Å². The summed E-state index contributed by atoms with van der Waals surface area (Å²) in [6.07, 6.45) is 8.98. The van der Waals surface area contributed by atoms with Gasteiger partial charge in [-0.05, 0) is 80.5 Å². The number of hydrogen-bond donors (Lipinski definition) is 1. The highest BCUT2D eigenvalue weighted by atomic mass is 19.1. The van der Waals surface area contributed by atoms with E-state index < -0.39 is 5.82 Å². The van der Waals surface area contributed by atoms with Gasteiger partial charge in [0.05, 0.1) is 5.52 Å². The zero-order chi connectivity index (χ0) is 20.3. The Morgan fingerprint density at radius 2 is 1.70 bits per heavy atom. The van der Waals surface area contributed by atoms with Crippen molar-refractivity contribution in [2.75, 3.05) is 0 Å². The van der Waals surface area contributed by atoms with E-state index >= 15 is 0 Å². The zero-order valence-electron chi connectivity index (χ0n) is 16.7. The summed E-state index contributed by atoms with van der Waals surface area (Å²) in [5.41, 5.74) is 0.895. The number of halogens is 1. The van der Waals surface area contributed by atoms with E-state index in [4.69, 9.17) is 4.74 Å². The van der Waals surface area contributed by atoms with Gasteiger partial charge in [-0.3, -0.25) is 9.20 Å². The van der Waals surface area contributed by atoms with E-state index in [2.05, 4.69) is 10.3 Å². The number of hydrogen-bond acceptors (Lipinski definition) is 3. The van der Waals surface area contributed by atoms with Gasteiger partial charge in [0.1, 0.15) is 0 Å². The van der Waals surface area contributed by atoms with E-state index in [0.717, 1.165) is 37.0 Å². The van der Waals surface area contributed by atoms with Gasteiger partial charge in [-0.1, -0.05) is 18.2 Å². The van der Waals surface area contributed by atoms with E-state index in [0.29, 0.717) is 11.2 Å². The third-order valence-electron chi connectivity index (χ3n) is 7.19. The van der Waals surface area contributed by atoms with Crippen molar-refractivity contribution in [1.82, 2.24) is 14.7 Å². The lowest BCUT2D eigenvalue weighted by atomic mass is 9.53. The monoisotopic (exact) mass is 405 g/mol. The number of nitrogens with zero attached hydrogens (tertiary/aromatic N) is 2. The maximum atomic E-state index is 14.1. The number of para-hydroxylation sites is 1. The molecule has 0 aliphatic heterocycles. The predicted molar refractivity (Wildman–Crippen MR) is 110 cm³/mol. The summed E-state index contributed by atoms with van der Waals surface area (Å²) in [5, 5.41) is 3.38. The molecule has 4 bridgehead atoms. The Morgan fingerprint density at radius 3 is 2.40 bits per heavy atom. The van der Waals surface area contributed by atoms with Gasteiger partial charge in [-0.2, -0.15) is 4.98 Å². The van der Waals surface area contributed by atoms with Gasteiger partial charge >= 0.3 is 6.01 Å². The van der Waals surface area contributed by atoms with Crippen molar-refractivity contribution in [3.8, 4) is 11.8 Å². The molecule has 1 N–H and O–H groups in total. The fourth-order valence-electron chi connectivity index (χ4n) is 6.44. The first kappa shape index (κ1) is 17.9. The van der Waals surface area contributed by atoms with E-state index in [1.807, 2.05) is 18.2 Å². The number of fused-ring (bicyclic) bond motifs is 1. The highest BCUT2D eigenvalue weighted by Gasteiger charge is 2.51. The number of imidazole rings is 1. The Labute approximate surface area is 174 Å². The average molecular weight is 405 g/mol. The van der Waals surface area contributed by atoms with E-state index in [9.17, 15) is 9.18 Å². The average Bonchev–Trinajstić information content (AvgIpc) is 3.07. The van der Waals surface area contributed by atoms with Crippen LogP contribution in [0.2, 0.25) is 0 Å². The van der Waals surface area contributed by atoms with E-state index in [1.54, 1.807) is 28.8 Å². The van der Waals surface area contributed by atoms with Crippen LogP contribution in [0.3, 0.4) is 0 Å². The van der Waals surface area contributed by atoms with Crippen molar-refractivity contribution in [3.63, 3.8) is 0 Å². The number of nitrogens with one attached hydrogen (secondary N) is 1. The Balaban J connectivity index is 1.33. The Bertz CT molecular complexity index is 1100. The fraction of sp³-hybridized carbons (Fsp3) is 0.417. The van der Waals surface area contributed by atoms with Crippen molar-refractivity contribution in [1.29, 1.82) is 0 Å². The molecule has 1 amide bonds. The maximum Gasteiger partial charge on any atom is 0.307 e. The summed E-state index contributed by atoms with van der Waals surface area (Å²) in [7, 11) is 0. The lowest BCUT2D eigenvalue weighted by molar-refractivity contribution is -0.0167. The molecule has 2 aromatic heterocycles. The minimum Gasteiger partial charge on any atom is -0.422 e. The molecule has 154 valence electrons. The van der Waals surface area contributed by atoms with Crippen LogP contribution in [-0.4, -0.2) is 20.8 Å². The topological polar surface area (TPSA) is 55.6 Å². The number of benzene rings is 1. The number of aromatic nitrogens is 2. The molecule has 7 rings (SSSR count). The largest absolute Gasteiger partial charge is 0.422 e. The van der Waals surface area contributed by atoms with E-state index in [1.165, 1.54) is 25.3 Å². The number of rotatable bonds is 4. The summed E-state index contributed by atoms with van der Waals surface area (Å²) in [4.78, 5) is 17.8. The van der Waals surface area contributed by atoms with Crippen molar-refractivity contribution >= 4 is 11.4 Å². The van der Waals surface area contributed by atoms with Gasteiger partial charge in [0.15, 0.2) is 17.3 Å². The van der Waals surface area contributed by atoms with Crippen molar-refractivity contribution in [2.45, 2.75) is 44.1 Å². The molecule has 0 spiro atoms. The quantitative estimate of drug-likeness (QED) is 0.667. The molecule has 1 aromatic carbocycles. The molecule has 30 heavy (non-hydrogen) atoms. The molecule has 5 nitrogen and oxygen atoms in total. The first-order valence-electron chi connectivity index (χ1n) is 10.8. The Kier molecular flexibility index (Phi) is 3.92. The van der Waals surface area contributed by atoms with Crippen LogP contribution in [0.4, 0.5) is 4.39 Å². The summed E-state index contributed by atoms with van der Waals surface area (Å²) < 4.78 is 21.5. The number of amides is 1. The summed E-state index contributed by atoms with van der Waals surface area (Å²) in [6.45, 7) is 0. The lowest BCUT2D eigenvalue weighted by Gasteiger charge is -2.56. The van der Waals surface area contributed by atoms with Crippen LogP contribution in [-0.2, 0) is 0 Å². The second-order valence-corrected chi connectivity index (χ2v) is 9.38. The van der Waals surface area contributed by atoms with Crippen LogP contribution >= 0.6 is 0 Å². The molecule has 0 radical (unpaired) electrons. The van der Waals surface area contributed by atoms with Gasteiger partial charge < -0.3 is 10.1 Å². The molecule has 6 heteroatoms. The molecular weight excluding hydrogens is 381 g/mol. The van der Waals surface area contributed by atoms with Crippen molar-refractivity contribution in [2.24, 2.45) is 17.8 Å². The molecule has 4 aliphatic carbocycles. The lowest BCUT2D eigenvalue weighted by Crippen LogP contribution is -2.59. The van der Waals surface area contributed by atoms with Gasteiger partial charge in [0.2, 0.25) is 0 Å². The highest BCUT2D eigenvalue weighted by molar-refractivity contribution is 5.99. The van der Waals surface area contributed by atoms with Gasteiger partial charge in [0.25, 0.3) is 5.91 Å². The first-order chi connectivity index (χ1) is 14.6. The van der Waals surface area contributed by atoms with E-state index in [-0.39, 0.29) is 23.2 Å². The third-order valence-corrected chi connectivity index (χ3v) is 7.19. The van der Waals surface area contributed by atoms with Crippen molar-refractivity contribution < 1.29 is 13.9 Å². The second-order valence-electron chi connectivity index (χ2n) is 9.38. The predicted octanol–water partition coefficient (Wildman–Crippen LogP) is 4.96. The number of pyridine rings is 1. The third kappa shape index (κ3) is 2.89. The number of carbonyl (C=O) groups is 1. The molecule has 0 saturated heterocycles. The van der Waals surface area contributed by atoms with Gasteiger partial charge in [-0.15, -0.1) is 0 Å². The highest BCUT2D eigenvalue weighted by Crippen LogP contribution is 2.55. The van der Waals surface area contributed by atoms with Gasteiger partial charge in [-0.25, -0.2) is 4.39 Å². The standard InChI is InChI=1S/C24H24FN3O2/c25-18-5-1-2-7-20(18)30-23-26-21(19-6-3-4-8-28(19)23)22(29)27-24-12-15-9-16(13-24)11-17(10-15)14-24/h1-8,15-17H,9-14H2,(H,27,29). The molecule has 3 aromatic rings. The number of carbonyl (C=O) groups excluding carboxylic acids is 1. The summed E-state index contributed by atoms with van der Waals surface area (Å²) in [6, 6.07) is 11.9. The SMILES string of the molecule is O=C(NC12CC3CC(CC(C3)C1)C2)c1nc(Oc2ccccc2F)n2ccccc12. The van der Waals surface area contributed by atoms with Gasteiger partial charge in [0, 0.05) is 11.7 Å². The fourth-order valence-corrected chi connectivity index (χ4v) is 6.44. The molecule has 0 unspecified atom stereocenters. The van der Waals surface area contributed by atoms with Crippen LogP contribution in [0.15, 0.2) is 48.7 Å². The van der Waals surface area contributed by atoms with Crippen LogP contribution in [0.5, 0.6) is 11.8 Å². The molecular formula is C24H24FN3O2. The molecule has 4 saturated carbocycles. The smallest absolute Gasteiger partial charge is 0.307 e. The van der Waals surface area contributed by atoms with Crippen LogP contribution < -0.4 is 10.1 Å². The minimum absolute atomic E-state index is 0.0845. The second kappa shape index (κ2) is 6.56. The number of ether oxygens (including phenoxy) is 1. The molecule has 4 aliphatic rings. The molecule has 2 heterocycles. The zero-order valence-corrected chi connectivity index (χ0v) is 16.7.